The van der Waals surface area contributed by atoms with Crippen molar-refractivity contribution in [1.29, 1.82) is 0 Å². The van der Waals surface area contributed by atoms with Crippen LogP contribution in [0.25, 0.3) is 10.2 Å². The largest absolute Gasteiger partial charge is 0.495 e. The lowest BCUT2D eigenvalue weighted by molar-refractivity contribution is -0.137. The number of methoxy groups -OCH3 is 1. The summed E-state index contributed by atoms with van der Waals surface area (Å²) in [4.78, 5) is 20.6. The Hall–Kier alpha value is -2.09. The van der Waals surface area contributed by atoms with E-state index in [0.29, 0.717) is 52.6 Å². The van der Waals surface area contributed by atoms with Gasteiger partial charge in [-0.2, -0.15) is 0 Å². The van der Waals surface area contributed by atoms with Crippen molar-refractivity contribution in [3.63, 3.8) is 0 Å². The molecule has 0 amide bonds. The highest BCUT2D eigenvalue weighted by Gasteiger charge is 2.12. The molecule has 0 radical (unpaired) electrons. The van der Waals surface area contributed by atoms with Crippen LogP contribution in [0, 0.1) is 0 Å². The van der Waals surface area contributed by atoms with Crippen LogP contribution in [0.1, 0.15) is 30.7 Å². The van der Waals surface area contributed by atoms with Gasteiger partial charge in [-0.1, -0.05) is 29.3 Å². The number of aliphatic carboxylic acids is 1. The molecule has 0 unspecified atom stereocenters. The van der Waals surface area contributed by atoms with E-state index in [4.69, 9.17) is 33.0 Å². The lowest BCUT2D eigenvalue weighted by Crippen LogP contribution is -2.05. The van der Waals surface area contributed by atoms with Gasteiger partial charge in [0.15, 0.2) is 0 Å². The summed E-state index contributed by atoms with van der Waals surface area (Å²) >= 11 is 13.8. The maximum Gasteiger partial charge on any atom is 0.303 e. The van der Waals surface area contributed by atoms with Gasteiger partial charge in [0, 0.05) is 19.4 Å². The van der Waals surface area contributed by atoms with E-state index in [1.54, 1.807) is 7.11 Å². The topological polar surface area (TPSA) is 84.3 Å². The molecule has 28 heavy (non-hydrogen) atoms. The van der Waals surface area contributed by atoms with Crippen LogP contribution in [0.3, 0.4) is 0 Å². The molecule has 148 valence electrons. The normalized spacial score (nSPS) is 11.0. The molecule has 0 bridgehead atoms. The number of hydrogen-bond acceptors (Lipinski definition) is 6. The van der Waals surface area contributed by atoms with Gasteiger partial charge in [0.1, 0.15) is 22.2 Å². The molecule has 0 aliphatic heterocycles. The number of aryl methyl sites for hydroxylation is 1. The molecule has 0 saturated carbocycles. The van der Waals surface area contributed by atoms with Crippen molar-refractivity contribution in [2.24, 2.45) is 0 Å². The second-order valence-corrected chi connectivity index (χ2v) is 8.25. The fourth-order valence-corrected chi connectivity index (χ4v) is 4.13. The molecule has 3 aromatic rings. The van der Waals surface area contributed by atoms with Gasteiger partial charge in [-0.15, -0.1) is 11.3 Å². The number of rotatable bonds is 9. The number of anilines is 1. The number of benzene rings is 1. The Morgan fingerprint density at radius 1 is 1.25 bits per heavy atom. The quantitative estimate of drug-likeness (QED) is 0.433. The summed E-state index contributed by atoms with van der Waals surface area (Å²) in [5.74, 6) is 1.21. The molecule has 1 aromatic carbocycles. The van der Waals surface area contributed by atoms with E-state index in [9.17, 15) is 4.79 Å². The third kappa shape index (κ3) is 5.25. The van der Waals surface area contributed by atoms with Gasteiger partial charge in [0.2, 0.25) is 0 Å². The Kier molecular flexibility index (Phi) is 6.93. The number of halogens is 2. The Labute approximate surface area is 176 Å². The molecule has 0 atom stereocenters. The molecular formula is C19H19Cl2N3O3S. The molecule has 0 saturated heterocycles. The number of aromatic nitrogens is 2. The number of carboxylic acids is 1. The predicted octanol–water partition coefficient (Wildman–Crippen LogP) is 5.42. The third-order valence-electron chi connectivity index (χ3n) is 4.13. The number of thiophene rings is 1. The first-order valence-electron chi connectivity index (χ1n) is 8.70. The molecule has 0 spiro atoms. The van der Waals surface area contributed by atoms with Crippen LogP contribution < -0.4 is 10.1 Å². The van der Waals surface area contributed by atoms with Crippen LogP contribution in [-0.4, -0.2) is 28.2 Å². The summed E-state index contributed by atoms with van der Waals surface area (Å²) in [7, 11) is 1.58. The molecule has 6 nitrogen and oxygen atoms in total. The minimum atomic E-state index is -0.790. The summed E-state index contributed by atoms with van der Waals surface area (Å²) in [6.45, 7) is 0.530. The summed E-state index contributed by atoms with van der Waals surface area (Å²) in [5, 5.41) is 13.5. The molecule has 0 aliphatic rings. The first kappa shape index (κ1) is 20.6. The van der Waals surface area contributed by atoms with E-state index in [1.807, 2.05) is 24.3 Å². The molecule has 0 fully saturated rings. The Balaban J connectivity index is 1.76. The van der Waals surface area contributed by atoms with Gasteiger partial charge in [0.05, 0.1) is 21.9 Å². The first-order chi connectivity index (χ1) is 13.5. The third-order valence-corrected chi connectivity index (χ3v) is 5.58. The van der Waals surface area contributed by atoms with Crippen molar-refractivity contribution in [1.82, 2.24) is 9.97 Å². The van der Waals surface area contributed by atoms with Gasteiger partial charge < -0.3 is 15.2 Å². The van der Waals surface area contributed by atoms with E-state index in [0.717, 1.165) is 15.8 Å². The van der Waals surface area contributed by atoms with Gasteiger partial charge >= 0.3 is 5.97 Å². The number of carbonyl (C=O) groups is 1. The zero-order chi connectivity index (χ0) is 20.1. The summed E-state index contributed by atoms with van der Waals surface area (Å²) in [6.07, 6.45) is 2.07. The van der Waals surface area contributed by atoms with Gasteiger partial charge in [-0.3, -0.25) is 4.79 Å². The van der Waals surface area contributed by atoms with Crippen molar-refractivity contribution < 1.29 is 14.6 Å². The van der Waals surface area contributed by atoms with Gasteiger partial charge in [-0.05, 0) is 36.6 Å². The predicted molar refractivity (Wildman–Crippen MR) is 113 cm³/mol. The average molecular weight is 440 g/mol. The number of unbranched alkanes of at least 4 members (excludes halogenated alkanes) is 1. The fourth-order valence-electron chi connectivity index (χ4n) is 2.75. The monoisotopic (exact) mass is 439 g/mol. The number of nitrogens with one attached hydrogen (secondary N) is 1. The van der Waals surface area contributed by atoms with Gasteiger partial charge in [0.25, 0.3) is 0 Å². The molecule has 3 rings (SSSR count). The van der Waals surface area contributed by atoms with Crippen LogP contribution in [-0.2, 0) is 17.8 Å². The SMILES string of the molecule is COc1ccc(CNc2nc(CCCCC(=O)O)nc3sc(Cl)cc23)cc1Cl. The van der Waals surface area contributed by atoms with Crippen LogP contribution >= 0.6 is 34.5 Å². The van der Waals surface area contributed by atoms with Crippen LogP contribution in [0.2, 0.25) is 9.36 Å². The van der Waals surface area contributed by atoms with E-state index < -0.39 is 5.97 Å². The van der Waals surface area contributed by atoms with Crippen LogP contribution in [0.4, 0.5) is 5.82 Å². The number of hydrogen-bond donors (Lipinski definition) is 2. The molecule has 9 heteroatoms. The minimum absolute atomic E-state index is 0.149. The average Bonchev–Trinajstić information content (AvgIpc) is 3.03. The van der Waals surface area contributed by atoms with Crippen LogP contribution in [0.5, 0.6) is 5.75 Å². The number of ether oxygens (including phenoxy) is 1. The van der Waals surface area contributed by atoms with Crippen molar-refractivity contribution in [2.75, 3.05) is 12.4 Å². The van der Waals surface area contributed by atoms with Gasteiger partial charge in [-0.25, -0.2) is 9.97 Å². The molecule has 0 aliphatic carbocycles. The maximum atomic E-state index is 10.7. The van der Waals surface area contributed by atoms with E-state index in [1.165, 1.54) is 11.3 Å². The Morgan fingerprint density at radius 3 is 2.79 bits per heavy atom. The highest BCUT2D eigenvalue weighted by atomic mass is 35.5. The summed E-state index contributed by atoms with van der Waals surface area (Å²) in [6, 6.07) is 7.45. The fraction of sp³-hybridized carbons (Fsp3) is 0.316. The number of nitrogens with zero attached hydrogens (tertiary/aromatic N) is 2. The minimum Gasteiger partial charge on any atom is -0.495 e. The highest BCUT2D eigenvalue weighted by molar-refractivity contribution is 7.22. The van der Waals surface area contributed by atoms with Crippen LogP contribution in [0.15, 0.2) is 24.3 Å². The standard InChI is InChI=1S/C19H19Cl2N3O3S/c1-27-14-7-6-11(8-13(14)20)10-22-18-12-9-15(21)28-19(12)24-16(23-18)4-2-3-5-17(25)26/h6-9H,2-5,10H2,1H3,(H,25,26)(H,22,23,24). The van der Waals surface area contributed by atoms with Crippen molar-refractivity contribution in [2.45, 2.75) is 32.2 Å². The van der Waals surface area contributed by atoms with Crippen molar-refractivity contribution in [3.05, 3.63) is 45.0 Å². The van der Waals surface area contributed by atoms with E-state index >= 15 is 0 Å². The number of fused-ring (bicyclic) bond motifs is 1. The summed E-state index contributed by atoms with van der Waals surface area (Å²) < 4.78 is 5.82. The highest BCUT2D eigenvalue weighted by Crippen LogP contribution is 2.33. The Bertz CT molecular complexity index is 994. The maximum absolute atomic E-state index is 10.7. The second-order valence-electron chi connectivity index (χ2n) is 6.18. The zero-order valence-electron chi connectivity index (χ0n) is 15.2. The van der Waals surface area contributed by atoms with E-state index in [2.05, 4.69) is 15.3 Å². The van der Waals surface area contributed by atoms with Crippen molar-refractivity contribution in [3.8, 4) is 5.75 Å². The first-order valence-corrected chi connectivity index (χ1v) is 10.3. The van der Waals surface area contributed by atoms with E-state index in [-0.39, 0.29) is 6.42 Å². The Morgan fingerprint density at radius 2 is 2.07 bits per heavy atom. The number of carboxylic acid groups (broad SMARTS) is 1. The lowest BCUT2D eigenvalue weighted by Gasteiger charge is -2.10. The molecule has 2 aromatic heterocycles. The smallest absolute Gasteiger partial charge is 0.303 e. The van der Waals surface area contributed by atoms with Crippen molar-refractivity contribution >= 4 is 56.5 Å². The summed E-state index contributed by atoms with van der Waals surface area (Å²) in [5.41, 5.74) is 0.988. The molecule has 2 N–H and O–H groups in total. The zero-order valence-corrected chi connectivity index (χ0v) is 17.5. The molecule has 2 heterocycles. The second kappa shape index (κ2) is 9.41. The lowest BCUT2D eigenvalue weighted by atomic mass is 10.2. The molecular weight excluding hydrogens is 421 g/mol.